The fourth-order valence-electron chi connectivity index (χ4n) is 4.65. The first-order chi connectivity index (χ1) is 15.0. The molecule has 2 saturated heterocycles. The molecule has 0 bridgehead atoms. The summed E-state index contributed by atoms with van der Waals surface area (Å²) in [4.78, 5) is 19.7. The van der Waals surface area contributed by atoms with Gasteiger partial charge in [-0.2, -0.15) is 0 Å². The Morgan fingerprint density at radius 1 is 1.03 bits per heavy atom. The van der Waals surface area contributed by atoms with Crippen molar-refractivity contribution in [2.75, 3.05) is 52.3 Å². The van der Waals surface area contributed by atoms with Gasteiger partial charge in [-0.1, -0.05) is 0 Å². The minimum absolute atomic E-state index is 0.0291. The number of ether oxygens (including phenoxy) is 1. The molecule has 1 atom stereocenters. The first kappa shape index (κ1) is 21.6. The number of likely N-dealkylation sites (tertiary alicyclic amines) is 1. The number of benzene rings is 1. The summed E-state index contributed by atoms with van der Waals surface area (Å²) in [7, 11) is 5.80. The molecule has 0 N–H and O–H groups in total. The van der Waals surface area contributed by atoms with Crippen molar-refractivity contribution in [2.24, 2.45) is 5.92 Å². The summed E-state index contributed by atoms with van der Waals surface area (Å²) in [5, 5.41) is 8.91. The Morgan fingerprint density at radius 2 is 1.77 bits per heavy atom. The van der Waals surface area contributed by atoms with Crippen molar-refractivity contribution in [1.29, 1.82) is 0 Å². The second kappa shape index (κ2) is 9.64. The van der Waals surface area contributed by atoms with Gasteiger partial charge in [-0.25, -0.2) is 0 Å². The summed E-state index contributed by atoms with van der Waals surface area (Å²) >= 11 is 0. The fourth-order valence-corrected chi connectivity index (χ4v) is 4.65. The van der Waals surface area contributed by atoms with E-state index < -0.39 is 0 Å². The van der Waals surface area contributed by atoms with Crippen LogP contribution in [-0.2, 0) is 4.79 Å². The van der Waals surface area contributed by atoms with Crippen LogP contribution in [0.2, 0.25) is 0 Å². The van der Waals surface area contributed by atoms with Crippen molar-refractivity contribution >= 4 is 11.7 Å². The van der Waals surface area contributed by atoms with Gasteiger partial charge in [-0.3, -0.25) is 4.79 Å². The van der Waals surface area contributed by atoms with Crippen molar-refractivity contribution < 1.29 is 9.53 Å². The highest BCUT2D eigenvalue weighted by atomic mass is 16.5. The average Bonchev–Trinajstić information content (AvgIpc) is 2.84. The molecule has 0 spiro atoms. The Bertz CT molecular complexity index is 863. The zero-order valence-corrected chi connectivity index (χ0v) is 18.8. The summed E-state index contributed by atoms with van der Waals surface area (Å²) < 4.78 is 5.22. The van der Waals surface area contributed by atoms with Gasteiger partial charge in [-0.15, -0.1) is 10.2 Å². The molecule has 2 fully saturated rings. The van der Waals surface area contributed by atoms with E-state index in [1.165, 1.54) is 0 Å². The molecule has 7 nitrogen and oxygen atoms in total. The van der Waals surface area contributed by atoms with Crippen molar-refractivity contribution in [2.45, 2.75) is 31.7 Å². The van der Waals surface area contributed by atoms with E-state index in [0.29, 0.717) is 12.6 Å². The molecule has 1 unspecified atom stereocenters. The number of piperidine rings is 2. The molecule has 7 heteroatoms. The van der Waals surface area contributed by atoms with Crippen LogP contribution >= 0.6 is 0 Å². The van der Waals surface area contributed by atoms with Gasteiger partial charge in [-0.05, 0) is 82.2 Å². The van der Waals surface area contributed by atoms with E-state index in [4.69, 9.17) is 4.74 Å². The van der Waals surface area contributed by atoms with E-state index in [0.717, 1.165) is 68.1 Å². The second-order valence-corrected chi connectivity index (χ2v) is 8.77. The predicted octanol–water partition coefficient (Wildman–Crippen LogP) is 2.92. The van der Waals surface area contributed by atoms with Gasteiger partial charge in [0.15, 0.2) is 5.82 Å². The standard InChI is InChI=1S/C24H33N5O2/c1-27-15-12-20(13-16-27)28(2)24(30)19-5-4-14-29(17-19)23-11-10-22(25-26-23)18-6-8-21(31-3)9-7-18/h6-11,19-20H,4-5,12-17H2,1-3H3. The Labute approximate surface area is 185 Å². The third kappa shape index (κ3) is 4.98. The normalized spacial score (nSPS) is 20.5. The van der Waals surface area contributed by atoms with Crippen LogP contribution in [0, 0.1) is 5.92 Å². The van der Waals surface area contributed by atoms with Gasteiger partial charge in [0.05, 0.1) is 18.7 Å². The van der Waals surface area contributed by atoms with Crippen LogP contribution < -0.4 is 9.64 Å². The summed E-state index contributed by atoms with van der Waals surface area (Å²) in [5.41, 5.74) is 1.84. The molecule has 3 heterocycles. The average molecular weight is 424 g/mol. The highest BCUT2D eigenvalue weighted by Gasteiger charge is 2.32. The number of aromatic nitrogens is 2. The van der Waals surface area contributed by atoms with Crippen LogP contribution in [0.15, 0.2) is 36.4 Å². The van der Waals surface area contributed by atoms with E-state index in [-0.39, 0.29) is 11.8 Å². The number of carbonyl (C=O) groups is 1. The Hall–Kier alpha value is -2.67. The van der Waals surface area contributed by atoms with Crippen LogP contribution in [0.4, 0.5) is 5.82 Å². The molecule has 2 aliphatic rings. The van der Waals surface area contributed by atoms with Gasteiger partial charge in [0.1, 0.15) is 5.75 Å². The molecule has 166 valence electrons. The van der Waals surface area contributed by atoms with E-state index in [2.05, 4.69) is 27.0 Å². The van der Waals surface area contributed by atoms with E-state index in [1.807, 2.05) is 48.3 Å². The second-order valence-electron chi connectivity index (χ2n) is 8.77. The highest BCUT2D eigenvalue weighted by molar-refractivity contribution is 5.80. The van der Waals surface area contributed by atoms with Crippen LogP contribution in [-0.4, -0.2) is 79.3 Å². The Morgan fingerprint density at radius 3 is 2.42 bits per heavy atom. The molecular weight excluding hydrogens is 390 g/mol. The lowest BCUT2D eigenvalue weighted by Gasteiger charge is -2.39. The topological polar surface area (TPSA) is 61.8 Å². The van der Waals surface area contributed by atoms with Crippen molar-refractivity contribution in [3.8, 4) is 17.0 Å². The largest absolute Gasteiger partial charge is 0.497 e. The van der Waals surface area contributed by atoms with Gasteiger partial charge in [0, 0.05) is 31.7 Å². The molecule has 1 aromatic carbocycles. The summed E-state index contributed by atoms with van der Waals surface area (Å²) in [6, 6.07) is 12.2. The van der Waals surface area contributed by atoms with Gasteiger partial charge in [0.2, 0.25) is 5.91 Å². The van der Waals surface area contributed by atoms with Crippen LogP contribution in [0.25, 0.3) is 11.3 Å². The maximum Gasteiger partial charge on any atom is 0.227 e. The quantitative estimate of drug-likeness (QED) is 0.737. The third-order valence-electron chi connectivity index (χ3n) is 6.71. The maximum absolute atomic E-state index is 13.2. The lowest BCUT2D eigenvalue weighted by atomic mass is 9.94. The third-order valence-corrected chi connectivity index (χ3v) is 6.71. The number of methoxy groups -OCH3 is 1. The van der Waals surface area contributed by atoms with E-state index >= 15 is 0 Å². The van der Waals surface area contributed by atoms with Gasteiger partial charge in [0.25, 0.3) is 0 Å². The molecule has 2 aromatic rings. The van der Waals surface area contributed by atoms with Crippen molar-refractivity contribution in [3.63, 3.8) is 0 Å². The number of hydrogen-bond acceptors (Lipinski definition) is 6. The van der Waals surface area contributed by atoms with Crippen molar-refractivity contribution in [1.82, 2.24) is 20.0 Å². The van der Waals surface area contributed by atoms with Crippen LogP contribution in [0.5, 0.6) is 5.75 Å². The highest BCUT2D eigenvalue weighted by Crippen LogP contribution is 2.26. The number of rotatable bonds is 5. The zero-order valence-electron chi connectivity index (χ0n) is 18.8. The molecule has 0 aliphatic carbocycles. The lowest BCUT2D eigenvalue weighted by Crippen LogP contribution is -2.49. The van der Waals surface area contributed by atoms with Gasteiger partial charge >= 0.3 is 0 Å². The summed E-state index contributed by atoms with van der Waals surface area (Å²) in [6.45, 7) is 3.76. The first-order valence-corrected chi connectivity index (χ1v) is 11.2. The first-order valence-electron chi connectivity index (χ1n) is 11.2. The minimum atomic E-state index is 0.0291. The zero-order chi connectivity index (χ0) is 21.8. The number of hydrogen-bond donors (Lipinski definition) is 0. The monoisotopic (exact) mass is 423 g/mol. The molecule has 2 aliphatic heterocycles. The number of nitrogens with zero attached hydrogens (tertiary/aromatic N) is 5. The SMILES string of the molecule is COc1ccc(-c2ccc(N3CCCC(C(=O)N(C)C4CCN(C)CC4)C3)nn2)cc1. The minimum Gasteiger partial charge on any atom is -0.497 e. The molecule has 0 saturated carbocycles. The Balaban J connectivity index is 1.39. The lowest BCUT2D eigenvalue weighted by molar-refractivity contribution is -0.137. The molecule has 0 radical (unpaired) electrons. The molecular formula is C24H33N5O2. The summed E-state index contributed by atoms with van der Waals surface area (Å²) in [5.74, 6) is 1.97. The molecule has 1 aromatic heterocycles. The molecule has 1 amide bonds. The molecule has 4 rings (SSSR count). The van der Waals surface area contributed by atoms with E-state index in [9.17, 15) is 4.79 Å². The maximum atomic E-state index is 13.2. The Kier molecular flexibility index (Phi) is 6.70. The van der Waals surface area contributed by atoms with Gasteiger partial charge < -0.3 is 19.4 Å². The fraction of sp³-hybridized carbons (Fsp3) is 0.542. The smallest absolute Gasteiger partial charge is 0.227 e. The summed E-state index contributed by atoms with van der Waals surface area (Å²) in [6.07, 6.45) is 4.07. The van der Waals surface area contributed by atoms with Crippen molar-refractivity contribution in [3.05, 3.63) is 36.4 Å². The van der Waals surface area contributed by atoms with Crippen LogP contribution in [0.3, 0.4) is 0 Å². The van der Waals surface area contributed by atoms with E-state index in [1.54, 1.807) is 7.11 Å². The molecule has 31 heavy (non-hydrogen) atoms. The van der Waals surface area contributed by atoms with Crippen LogP contribution in [0.1, 0.15) is 25.7 Å². The number of carbonyl (C=O) groups excluding carboxylic acids is 1. The number of amides is 1. The predicted molar refractivity (Wildman–Crippen MR) is 122 cm³/mol. The number of anilines is 1.